The summed E-state index contributed by atoms with van der Waals surface area (Å²) in [5, 5.41) is 0. The second kappa shape index (κ2) is 12.9. The summed E-state index contributed by atoms with van der Waals surface area (Å²) in [4.78, 5) is 27.5. The van der Waals surface area contributed by atoms with Gasteiger partial charge in [-0.1, -0.05) is 62.2 Å². The average molecular weight is 450 g/mol. The number of nitrogens with zero attached hydrogens (tertiary/aromatic N) is 1. The van der Waals surface area contributed by atoms with Gasteiger partial charge in [-0.3, -0.25) is 4.79 Å². The van der Waals surface area contributed by atoms with Crippen molar-refractivity contribution in [3.63, 3.8) is 0 Å². The molecule has 7 heteroatoms. The minimum Gasteiger partial charge on any atom is -0.447 e. The maximum absolute atomic E-state index is 13.6. The molecule has 1 heterocycles. The first kappa shape index (κ1) is 25.4. The lowest BCUT2D eigenvalue weighted by molar-refractivity contribution is -0.130. The highest BCUT2D eigenvalue weighted by Crippen LogP contribution is 2.33. The van der Waals surface area contributed by atoms with E-state index in [4.69, 9.17) is 14.2 Å². The van der Waals surface area contributed by atoms with Crippen molar-refractivity contribution in [2.75, 3.05) is 26.6 Å². The van der Waals surface area contributed by atoms with Crippen molar-refractivity contribution < 1.29 is 23.8 Å². The van der Waals surface area contributed by atoms with Crippen molar-refractivity contribution in [2.45, 2.75) is 63.0 Å². The van der Waals surface area contributed by atoms with Crippen LogP contribution in [0.3, 0.4) is 0 Å². The molecule has 0 aliphatic carbocycles. The summed E-state index contributed by atoms with van der Waals surface area (Å²) >= 11 is 1.50. The summed E-state index contributed by atoms with van der Waals surface area (Å²) in [7, 11) is 3.20. The molecule has 0 N–H and O–H groups in total. The molecular formula is C24H35NO5S. The van der Waals surface area contributed by atoms with Gasteiger partial charge in [-0.25, -0.2) is 9.69 Å². The molecule has 1 aromatic rings. The number of hydrogen-bond donors (Lipinski definition) is 0. The van der Waals surface area contributed by atoms with Crippen LogP contribution in [0.1, 0.15) is 45.1 Å². The van der Waals surface area contributed by atoms with E-state index < -0.39 is 10.8 Å². The van der Waals surface area contributed by atoms with Crippen LogP contribution in [0.2, 0.25) is 0 Å². The van der Waals surface area contributed by atoms with Gasteiger partial charge in [0.15, 0.2) is 6.29 Å². The van der Waals surface area contributed by atoms with Gasteiger partial charge in [0, 0.05) is 20.6 Å². The summed E-state index contributed by atoms with van der Waals surface area (Å²) in [5.74, 6) is 0.416. The van der Waals surface area contributed by atoms with Crippen LogP contribution < -0.4 is 0 Å². The van der Waals surface area contributed by atoms with Gasteiger partial charge >= 0.3 is 6.09 Å². The minimum atomic E-state index is -0.877. The number of imide groups is 1. The molecule has 0 saturated carbocycles. The zero-order chi connectivity index (χ0) is 22.7. The van der Waals surface area contributed by atoms with Gasteiger partial charge in [-0.15, -0.1) is 11.8 Å². The summed E-state index contributed by atoms with van der Waals surface area (Å²) in [6.45, 7) is 4.23. The molecular weight excluding hydrogens is 414 g/mol. The van der Waals surface area contributed by atoms with E-state index in [0.717, 1.165) is 24.8 Å². The van der Waals surface area contributed by atoms with Crippen molar-refractivity contribution in [1.82, 2.24) is 4.90 Å². The van der Waals surface area contributed by atoms with Crippen LogP contribution in [-0.2, 0) is 25.4 Å². The summed E-state index contributed by atoms with van der Waals surface area (Å²) in [6, 6.07) is 9.55. The van der Waals surface area contributed by atoms with Crippen LogP contribution in [0.15, 0.2) is 42.5 Å². The standard InChI is InChI=1S/C24H35NO5S/c1-5-6-7-11-15-24(2,31-16-14-21(28-3)29-4)22(26)25-20(18-30-23(25)27)17-19-12-9-8-10-13-19/h8-13,15,20-21H,5-7,14,16-18H2,1-4H3/b15-11+/t20-,24+/m1/s1. The van der Waals surface area contributed by atoms with Crippen LogP contribution in [0.25, 0.3) is 0 Å². The van der Waals surface area contributed by atoms with Crippen LogP contribution in [0, 0.1) is 0 Å². The number of unbranched alkanes of at least 4 members (excludes halogenated alkanes) is 2. The third-order valence-corrected chi connectivity index (χ3v) is 6.71. The van der Waals surface area contributed by atoms with Crippen molar-refractivity contribution in [3.05, 3.63) is 48.0 Å². The van der Waals surface area contributed by atoms with E-state index in [0.29, 0.717) is 18.6 Å². The molecule has 172 valence electrons. The Morgan fingerprint density at radius 2 is 2.03 bits per heavy atom. The van der Waals surface area contributed by atoms with Gasteiger partial charge in [-0.2, -0.15) is 0 Å². The molecule has 6 nitrogen and oxygen atoms in total. The lowest BCUT2D eigenvalue weighted by atomic mass is 10.0. The summed E-state index contributed by atoms with van der Waals surface area (Å²) < 4.78 is 14.9. The molecule has 0 unspecified atom stereocenters. The molecule has 1 fully saturated rings. The SMILES string of the molecule is CCCC/C=C/[C@](C)(SCCC(OC)OC)C(=O)N1C(=O)OC[C@H]1Cc1ccccc1. The van der Waals surface area contributed by atoms with Gasteiger partial charge in [0.05, 0.1) is 6.04 Å². The Morgan fingerprint density at radius 1 is 1.32 bits per heavy atom. The molecule has 0 radical (unpaired) electrons. The summed E-state index contributed by atoms with van der Waals surface area (Å²) in [6.07, 6.45) is 7.37. The van der Waals surface area contributed by atoms with E-state index in [1.807, 2.05) is 49.4 Å². The largest absolute Gasteiger partial charge is 0.447 e. The molecule has 2 amide bonds. The smallest absolute Gasteiger partial charge is 0.417 e. The quantitative estimate of drug-likeness (QED) is 0.244. The number of allylic oxidation sites excluding steroid dienone is 1. The van der Waals surface area contributed by atoms with E-state index in [-0.39, 0.29) is 24.8 Å². The Balaban J connectivity index is 2.17. The van der Waals surface area contributed by atoms with Crippen molar-refractivity contribution in [3.8, 4) is 0 Å². The number of carbonyl (C=O) groups excluding carboxylic acids is 2. The predicted octanol–water partition coefficient (Wildman–Crippen LogP) is 4.82. The van der Waals surface area contributed by atoms with Crippen molar-refractivity contribution in [1.29, 1.82) is 0 Å². The molecule has 1 aromatic carbocycles. The highest BCUT2D eigenvalue weighted by molar-refractivity contribution is 8.01. The Bertz CT molecular complexity index is 722. The Hall–Kier alpha value is -1.83. The second-order valence-corrected chi connectivity index (χ2v) is 9.33. The Labute approximate surface area is 190 Å². The van der Waals surface area contributed by atoms with Crippen molar-refractivity contribution in [2.24, 2.45) is 0 Å². The molecule has 2 atom stereocenters. The number of methoxy groups -OCH3 is 2. The van der Waals surface area contributed by atoms with Gasteiger partial charge in [-0.05, 0) is 31.1 Å². The number of carbonyl (C=O) groups is 2. The van der Waals surface area contributed by atoms with Gasteiger partial charge < -0.3 is 14.2 Å². The average Bonchev–Trinajstić information content (AvgIpc) is 3.14. The number of benzene rings is 1. The molecule has 0 spiro atoms. The lowest BCUT2D eigenvalue weighted by Gasteiger charge is -2.31. The molecule has 0 aromatic heterocycles. The van der Waals surface area contributed by atoms with Gasteiger partial charge in [0.2, 0.25) is 0 Å². The number of hydrogen-bond acceptors (Lipinski definition) is 6. The highest BCUT2D eigenvalue weighted by atomic mass is 32.2. The van der Waals surface area contributed by atoms with Crippen LogP contribution >= 0.6 is 11.8 Å². The lowest BCUT2D eigenvalue weighted by Crippen LogP contribution is -2.49. The van der Waals surface area contributed by atoms with Crippen LogP contribution in [0.4, 0.5) is 4.79 Å². The molecule has 31 heavy (non-hydrogen) atoms. The minimum absolute atomic E-state index is 0.217. The predicted molar refractivity (Wildman–Crippen MR) is 124 cm³/mol. The fourth-order valence-electron chi connectivity index (χ4n) is 3.50. The van der Waals surface area contributed by atoms with Crippen LogP contribution in [-0.4, -0.2) is 60.6 Å². The zero-order valence-electron chi connectivity index (χ0n) is 19.0. The number of thioether (sulfide) groups is 1. The molecule has 1 saturated heterocycles. The van der Waals surface area contributed by atoms with E-state index in [1.54, 1.807) is 14.2 Å². The number of ether oxygens (including phenoxy) is 3. The highest BCUT2D eigenvalue weighted by Gasteiger charge is 2.45. The van der Waals surface area contributed by atoms with Crippen molar-refractivity contribution >= 4 is 23.8 Å². The summed E-state index contributed by atoms with van der Waals surface area (Å²) in [5.41, 5.74) is 1.07. The van der Waals surface area contributed by atoms with E-state index in [9.17, 15) is 9.59 Å². The number of amides is 2. The Morgan fingerprint density at radius 3 is 2.68 bits per heavy atom. The van der Waals surface area contributed by atoms with Gasteiger partial charge in [0.1, 0.15) is 11.4 Å². The second-order valence-electron chi connectivity index (χ2n) is 7.79. The van der Waals surface area contributed by atoms with E-state index >= 15 is 0 Å². The Kier molecular flexibility index (Phi) is 10.6. The van der Waals surface area contributed by atoms with Gasteiger partial charge in [0.25, 0.3) is 5.91 Å². The zero-order valence-corrected chi connectivity index (χ0v) is 19.9. The molecule has 2 rings (SSSR count). The third-order valence-electron chi connectivity index (χ3n) is 5.36. The molecule has 1 aliphatic heterocycles. The first-order valence-corrected chi connectivity index (χ1v) is 11.8. The van der Waals surface area contributed by atoms with Crippen LogP contribution in [0.5, 0.6) is 0 Å². The third kappa shape index (κ3) is 7.37. The normalized spacial score (nSPS) is 18.5. The first-order chi connectivity index (χ1) is 14.9. The first-order valence-electron chi connectivity index (χ1n) is 10.9. The molecule has 0 bridgehead atoms. The maximum Gasteiger partial charge on any atom is 0.417 e. The van der Waals surface area contributed by atoms with E-state index in [2.05, 4.69) is 6.92 Å². The molecule has 1 aliphatic rings. The topological polar surface area (TPSA) is 65.1 Å². The fourth-order valence-corrected chi connectivity index (χ4v) is 4.64. The fraction of sp³-hybridized carbons (Fsp3) is 0.583. The monoisotopic (exact) mass is 449 g/mol. The number of rotatable bonds is 13. The van der Waals surface area contributed by atoms with E-state index in [1.165, 1.54) is 16.7 Å². The maximum atomic E-state index is 13.6. The number of cyclic esters (lactones) is 1.